The Kier molecular flexibility index (Phi) is 4.32. The molecule has 2 heterocycles. The second-order valence-electron chi connectivity index (χ2n) is 5.20. The molecule has 3 rings (SSSR count). The van der Waals surface area contributed by atoms with Gasteiger partial charge in [0.05, 0.1) is 24.3 Å². The van der Waals surface area contributed by atoms with Crippen molar-refractivity contribution in [2.45, 2.75) is 31.0 Å². The lowest BCUT2D eigenvalue weighted by atomic mass is 9.77. The minimum absolute atomic E-state index is 0.0744. The van der Waals surface area contributed by atoms with E-state index >= 15 is 0 Å². The molecule has 2 saturated heterocycles. The average Bonchev–Trinajstić information content (AvgIpc) is 2.91. The maximum Gasteiger partial charge on any atom is 0.497 e. The highest BCUT2D eigenvalue weighted by Crippen LogP contribution is 2.30. The topological polar surface area (TPSA) is 68.2 Å². The monoisotopic (exact) mass is 340 g/mol. The highest BCUT2D eigenvalue weighted by Gasteiger charge is 2.47. The third-order valence-electron chi connectivity index (χ3n) is 3.70. The molecule has 2 aliphatic heterocycles. The molecule has 0 aromatic heterocycles. The summed E-state index contributed by atoms with van der Waals surface area (Å²) < 4.78 is 81.7. The first kappa shape index (κ1) is 16.6. The van der Waals surface area contributed by atoms with Crippen LogP contribution >= 0.6 is 0 Å². The fourth-order valence-electron chi connectivity index (χ4n) is 2.56. The van der Waals surface area contributed by atoms with Gasteiger partial charge < -0.3 is 24.3 Å². The Labute approximate surface area is 126 Å². The third kappa shape index (κ3) is 2.72. The van der Waals surface area contributed by atoms with Crippen molar-refractivity contribution in [3.63, 3.8) is 0 Å². The fourth-order valence-corrected chi connectivity index (χ4v) is 2.56. The lowest BCUT2D eigenvalue weighted by Crippen LogP contribution is -2.52. The van der Waals surface area contributed by atoms with Crippen molar-refractivity contribution in [2.75, 3.05) is 6.61 Å². The Morgan fingerprint density at radius 2 is 1.57 bits per heavy atom. The van der Waals surface area contributed by atoms with Gasteiger partial charge in [-0.2, -0.15) is 0 Å². The molecule has 0 radical (unpaired) electrons. The van der Waals surface area contributed by atoms with Crippen molar-refractivity contribution in [3.8, 4) is 0 Å². The van der Waals surface area contributed by atoms with Crippen LogP contribution < -0.4 is 5.46 Å². The first-order chi connectivity index (χ1) is 10.8. The molecule has 5 nitrogen and oxygen atoms in total. The maximum atomic E-state index is 13.6. The van der Waals surface area contributed by atoms with Crippen molar-refractivity contribution < 1.29 is 46.2 Å². The minimum Gasteiger partial charge on any atom is -0.423 e. The molecule has 0 amide bonds. The fraction of sp³-hybridized carbons (Fsp3) is 0.500. The Bertz CT molecular complexity index is 603. The van der Waals surface area contributed by atoms with Crippen LogP contribution in [0.1, 0.15) is 6.42 Å². The number of aliphatic hydroxyl groups is 1. The number of fused-ring (bicyclic) bond motifs is 2. The van der Waals surface area contributed by atoms with Gasteiger partial charge in [0.2, 0.25) is 0 Å². The van der Waals surface area contributed by atoms with Crippen LogP contribution in [0, 0.1) is 29.1 Å². The molecule has 2 aliphatic rings. The smallest absolute Gasteiger partial charge is 0.423 e. The van der Waals surface area contributed by atoms with E-state index < -0.39 is 60.2 Å². The van der Waals surface area contributed by atoms with Crippen molar-refractivity contribution in [1.29, 1.82) is 0 Å². The van der Waals surface area contributed by atoms with Gasteiger partial charge in [0.25, 0.3) is 0 Å². The SMILES string of the molecule is OB(O[C@H]1[C@H]2OC[C@H](C[C@@H]1O)O2)c1c(F)c(F)c(F)c(F)c1F. The summed E-state index contributed by atoms with van der Waals surface area (Å²) >= 11 is 0. The van der Waals surface area contributed by atoms with E-state index in [4.69, 9.17) is 14.1 Å². The molecule has 2 N–H and O–H groups in total. The highest BCUT2D eigenvalue weighted by molar-refractivity contribution is 6.60. The molecule has 0 spiro atoms. The van der Waals surface area contributed by atoms with Gasteiger partial charge in [-0.3, -0.25) is 0 Å². The molecule has 126 valence electrons. The predicted octanol–water partition coefficient (Wildman–Crippen LogP) is -0.0391. The molecule has 1 aromatic carbocycles. The van der Waals surface area contributed by atoms with E-state index in [-0.39, 0.29) is 19.1 Å². The quantitative estimate of drug-likeness (QED) is 0.350. The summed E-state index contributed by atoms with van der Waals surface area (Å²) in [6, 6.07) is 0. The number of rotatable bonds is 3. The van der Waals surface area contributed by atoms with Crippen molar-refractivity contribution in [3.05, 3.63) is 29.1 Å². The zero-order chi connectivity index (χ0) is 16.9. The molecule has 0 saturated carbocycles. The lowest BCUT2D eigenvalue weighted by Gasteiger charge is -2.33. The summed E-state index contributed by atoms with van der Waals surface area (Å²) in [4.78, 5) is 0. The first-order valence-corrected chi connectivity index (χ1v) is 6.61. The van der Waals surface area contributed by atoms with Gasteiger partial charge in [-0.15, -0.1) is 0 Å². The standard InChI is InChI=1S/C12H10BF5O5/c14-6-5(7(15)9(17)10(18)8(6)16)13(20)23-11-4(19)1-3-2-21-12(11)22-3/h3-4,11-12,19-20H,1-2H2/t3-,4-,11+,12-/m0/s1. The highest BCUT2D eigenvalue weighted by atomic mass is 19.2. The van der Waals surface area contributed by atoms with Crippen molar-refractivity contribution in [2.24, 2.45) is 0 Å². The lowest BCUT2D eigenvalue weighted by molar-refractivity contribution is -0.186. The average molecular weight is 340 g/mol. The van der Waals surface area contributed by atoms with Gasteiger partial charge in [0.1, 0.15) is 6.10 Å². The normalized spacial score (nSPS) is 29.9. The second-order valence-corrected chi connectivity index (χ2v) is 5.20. The van der Waals surface area contributed by atoms with Crippen molar-refractivity contribution >= 4 is 12.6 Å². The summed E-state index contributed by atoms with van der Waals surface area (Å²) in [6.07, 6.45) is -3.97. The van der Waals surface area contributed by atoms with Crippen molar-refractivity contribution in [1.82, 2.24) is 0 Å². The molecule has 23 heavy (non-hydrogen) atoms. The van der Waals surface area contributed by atoms with Gasteiger partial charge >= 0.3 is 7.12 Å². The summed E-state index contributed by atoms with van der Waals surface area (Å²) in [5, 5.41) is 19.6. The molecule has 2 fully saturated rings. The van der Waals surface area contributed by atoms with E-state index in [0.717, 1.165) is 0 Å². The van der Waals surface area contributed by atoms with E-state index in [9.17, 15) is 32.1 Å². The Morgan fingerprint density at radius 1 is 1.00 bits per heavy atom. The van der Waals surface area contributed by atoms with Crippen LogP contribution in [0.4, 0.5) is 22.0 Å². The Hall–Kier alpha value is -1.27. The number of benzene rings is 1. The second kappa shape index (κ2) is 5.98. The van der Waals surface area contributed by atoms with Gasteiger partial charge in [0, 0.05) is 6.42 Å². The first-order valence-electron chi connectivity index (χ1n) is 6.61. The number of halogens is 5. The minimum atomic E-state index is -2.51. The van der Waals surface area contributed by atoms with E-state index in [1.165, 1.54) is 0 Å². The molecule has 11 heteroatoms. The molecule has 0 aliphatic carbocycles. The maximum absolute atomic E-state index is 13.6. The summed E-state index contributed by atoms with van der Waals surface area (Å²) in [7, 11) is -2.51. The van der Waals surface area contributed by atoms with E-state index in [1.807, 2.05) is 0 Å². The molecular formula is C12H10BF5O5. The van der Waals surface area contributed by atoms with E-state index in [1.54, 1.807) is 0 Å². The van der Waals surface area contributed by atoms with Crippen LogP contribution in [0.3, 0.4) is 0 Å². The Morgan fingerprint density at radius 3 is 2.17 bits per heavy atom. The van der Waals surface area contributed by atoms with Crippen LogP contribution in [0.15, 0.2) is 0 Å². The number of hydrogen-bond donors (Lipinski definition) is 2. The van der Waals surface area contributed by atoms with Gasteiger partial charge in [-0.25, -0.2) is 22.0 Å². The number of hydrogen-bond acceptors (Lipinski definition) is 5. The van der Waals surface area contributed by atoms with Crippen LogP contribution in [0.5, 0.6) is 0 Å². The number of ether oxygens (including phenoxy) is 2. The van der Waals surface area contributed by atoms with Gasteiger partial charge in [-0.05, 0) is 0 Å². The summed E-state index contributed by atoms with van der Waals surface area (Å²) in [5.41, 5.74) is -1.55. The summed E-state index contributed by atoms with van der Waals surface area (Å²) in [6.45, 7) is 0.153. The van der Waals surface area contributed by atoms with E-state index in [2.05, 4.69) is 0 Å². The van der Waals surface area contributed by atoms with Gasteiger partial charge in [-0.1, -0.05) is 0 Å². The molecule has 0 unspecified atom stereocenters. The molecular weight excluding hydrogens is 330 g/mol. The predicted molar refractivity (Wildman–Crippen MR) is 63.9 cm³/mol. The molecule has 2 bridgehead atoms. The molecule has 4 atom stereocenters. The number of aliphatic hydroxyl groups excluding tert-OH is 1. The third-order valence-corrected chi connectivity index (χ3v) is 3.70. The van der Waals surface area contributed by atoms with Gasteiger partial charge in [0.15, 0.2) is 35.4 Å². The largest absolute Gasteiger partial charge is 0.497 e. The zero-order valence-electron chi connectivity index (χ0n) is 11.3. The molecule has 1 aromatic rings. The van der Waals surface area contributed by atoms with Crippen LogP contribution in [0.2, 0.25) is 0 Å². The van der Waals surface area contributed by atoms with Crippen LogP contribution in [0.25, 0.3) is 0 Å². The van der Waals surface area contributed by atoms with E-state index in [0.29, 0.717) is 0 Å². The van der Waals surface area contributed by atoms with Crippen LogP contribution in [-0.4, -0.2) is 48.5 Å². The van der Waals surface area contributed by atoms with Crippen LogP contribution in [-0.2, 0) is 14.1 Å². The Balaban J connectivity index is 1.88. The summed E-state index contributed by atoms with van der Waals surface area (Å²) in [5.74, 6) is -11.2. The zero-order valence-corrected chi connectivity index (χ0v) is 11.3.